The number of aryl methyl sites for hydroxylation is 1. The minimum atomic E-state index is -0.116. The van der Waals surface area contributed by atoms with Gasteiger partial charge in [0.25, 0.3) is 0 Å². The van der Waals surface area contributed by atoms with Crippen LogP contribution in [0, 0.1) is 6.92 Å². The summed E-state index contributed by atoms with van der Waals surface area (Å²) in [6, 6.07) is 7.64. The number of anilines is 1. The molecule has 0 atom stereocenters. The molecule has 1 aromatic heterocycles. The molecular formula is C11H12N4O. The Bertz CT molecular complexity index is 461. The molecule has 1 N–H and O–H groups in total. The highest BCUT2D eigenvalue weighted by Gasteiger charge is 2.03. The van der Waals surface area contributed by atoms with Crippen molar-refractivity contribution in [3.05, 3.63) is 42.5 Å². The molecule has 0 unspecified atom stereocenters. The SMILES string of the molecule is Cc1ccc(NC(=O)Cn2cncn2)cc1. The Morgan fingerprint density at radius 1 is 1.38 bits per heavy atom. The molecule has 0 aliphatic carbocycles. The van der Waals surface area contributed by atoms with Crippen molar-refractivity contribution in [2.75, 3.05) is 5.32 Å². The summed E-state index contributed by atoms with van der Waals surface area (Å²) in [6.45, 7) is 2.18. The number of rotatable bonds is 3. The van der Waals surface area contributed by atoms with Crippen LogP contribution in [0.1, 0.15) is 5.56 Å². The number of amides is 1. The number of aromatic nitrogens is 3. The van der Waals surface area contributed by atoms with E-state index >= 15 is 0 Å². The molecule has 2 aromatic rings. The minimum absolute atomic E-state index is 0.116. The van der Waals surface area contributed by atoms with Crippen LogP contribution >= 0.6 is 0 Å². The molecule has 0 saturated heterocycles. The maximum Gasteiger partial charge on any atom is 0.246 e. The van der Waals surface area contributed by atoms with Gasteiger partial charge in [-0.1, -0.05) is 17.7 Å². The molecule has 1 amide bonds. The highest BCUT2D eigenvalue weighted by molar-refractivity contribution is 5.90. The number of benzene rings is 1. The Kier molecular flexibility index (Phi) is 2.95. The number of carbonyl (C=O) groups excluding carboxylic acids is 1. The second-order valence-electron chi connectivity index (χ2n) is 3.51. The van der Waals surface area contributed by atoms with Crippen LogP contribution in [0.3, 0.4) is 0 Å². The van der Waals surface area contributed by atoms with Gasteiger partial charge in [0.2, 0.25) is 5.91 Å². The summed E-state index contributed by atoms with van der Waals surface area (Å²) in [5.74, 6) is -0.116. The van der Waals surface area contributed by atoms with Crippen molar-refractivity contribution in [1.29, 1.82) is 0 Å². The van der Waals surface area contributed by atoms with E-state index in [1.165, 1.54) is 17.3 Å². The number of nitrogens with zero attached hydrogens (tertiary/aromatic N) is 3. The van der Waals surface area contributed by atoms with Gasteiger partial charge in [-0.2, -0.15) is 5.10 Å². The van der Waals surface area contributed by atoms with Crippen molar-refractivity contribution in [3.8, 4) is 0 Å². The zero-order valence-electron chi connectivity index (χ0n) is 8.92. The lowest BCUT2D eigenvalue weighted by molar-refractivity contribution is -0.116. The fourth-order valence-corrected chi connectivity index (χ4v) is 1.30. The van der Waals surface area contributed by atoms with Gasteiger partial charge in [-0.05, 0) is 19.1 Å². The van der Waals surface area contributed by atoms with Gasteiger partial charge < -0.3 is 5.32 Å². The monoisotopic (exact) mass is 216 g/mol. The van der Waals surface area contributed by atoms with E-state index in [-0.39, 0.29) is 12.5 Å². The van der Waals surface area contributed by atoms with Gasteiger partial charge in [0.1, 0.15) is 19.2 Å². The first-order chi connectivity index (χ1) is 7.74. The van der Waals surface area contributed by atoms with E-state index in [0.29, 0.717) is 0 Å². The summed E-state index contributed by atoms with van der Waals surface area (Å²) in [5.41, 5.74) is 1.95. The Balaban J connectivity index is 1.95. The molecule has 0 aliphatic rings. The predicted molar refractivity (Wildman–Crippen MR) is 59.8 cm³/mol. The van der Waals surface area contributed by atoms with Crippen LogP contribution in [-0.2, 0) is 11.3 Å². The Morgan fingerprint density at radius 2 is 2.12 bits per heavy atom. The molecule has 0 fully saturated rings. The number of hydrogen-bond donors (Lipinski definition) is 1. The van der Waals surface area contributed by atoms with Crippen LogP contribution in [0.4, 0.5) is 5.69 Å². The molecule has 1 aromatic carbocycles. The van der Waals surface area contributed by atoms with Crippen molar-refractivity contribution in [2.24, 2.45) is 0 Å². The molecule has 82 valence electrons. The lowest BCUT2D eigenvalue weighted by Gasteiger charge is -2.05. The van der Waals surface area contributed by atoms with Gasteiger partial charge in [0, 0.05) is 5.69 Å². The molecule has 0 saturated carbocycles. The molecule has 0 aliphatic heterocycles. The summed E-state index contributed by atoms with van der Waals surface area (Å²) >= 11 is 0. The molecule has 0 bridgehead atoms. The van der Waals surface area contributed by atoms with Crippen molar-refractivity contribution >= 4 is 11.6 Å². The second-order valence-corrected chi connectivity index (χ2v) is 3.51. The number of hydrogen-bond acceptors (Lipinski definition) is 3. The lowest BCUT2D eigenvalue weighted by atomic mass is 10.2. The van der Waals surface area contributed by atoms with E-state index in [4.69, 9.17) is 0 Å². The smallest absolute Gasteiger partial charge is 0.246 e. The molecule has 5 nitrogen and oxygen atoms in total. The quantitative estimate of drug-likeness (QED) is 0.839. The molecule has 0 radical (unpaired) electrons. The highest BCUT2D eigenvalue weighted by Crippen LogP contribution is 2.08. The van der Waals surface area contributed by atoms with Crippen LogP contribution in [0.15, 0.2) is 36.9 Å². The third kappa shape index (κ3) is 2.66. The van der Waals surface area contributed by atoms with Gasteiger partial charge in [-0.25, -0.2) is 9.67 Å². The number of carbonyl (C=O) groups is 1. The standard InChI is InChI=1S/C11H12N4O/c1-9-2-4-10(5-3-9)14-11(16)6-15-8-12-7-13-15/h2-5,7-8H,6H2,1H3,(H,14,16). The van der Waals surface area contributed by atoms with Gasteiger partial charge in [0.05, 0.1) is 0 Å². The largest absolute Gasteiger partial charge is 0.324 e. The number of nitrogens with one attached hydrogen (secondary N) is 1. The normalized spacial score (nSPS) is 10.1. The first kappa shape index (κ1) is 10.4. The van der Waals surface area contributed by atoms with E-state index in [2.05, 4.69) is 15.4 Å². The third-order valence-electron chi connectivity index (χ3n) is 2.11. The van der Waals surface area contributed by atoms with Crippen molar-refractivity contribution in [2.45, 2.75) is 13.5 Å². The fourth-order valence-electron chi connectivity index (χ4n) is 1.30. The predicted octanol–water partition coefficient (Wildman–Crippen LogP) is 1.23. The molecule has 16 heavy (non-hydrogen) atoms. The topological polar surface area (TPSA) is 59.8 Å². The Morgan fingerprint density at radius 3 is 2.75 bits per heavy atom. The summed E-state index contributed by atoms with van der Waals surface area (Å²) in [7, 11) is 0. The van der Waals surface area contributed by atoms with E-state index in [9.17, 15) is 4.79 Å². The van der Waals surface area contributed by atoms with Gasteiger partial charge in [-0.3, -0.25) is 4.79 Å². The van der Waals surface area contributed by atoms with Gasteiger partial charge >= 0.3 is 0 Å². The van der Waals surface area contributed by atoms with Crippen molar-refractivity contribution in [1.82, 2.24) is 14.8 Å². The zero-order valence-corrected chi connectivity index (χ0v) is 8.92. The third-order valence-corrected chi connectivity index (χ3v) is 2.11. The Hall–Kier alpha value is -2.17. The first-order valence-corrected chi connectivity index (χ1v) is 4.93. The van der Waals surface area contributed by atoms with Gasteiger partial charge in [0.15, 0.2) is 0 Å². The van der Waals surface area contributed by atoms with Crippen LogP contribution in [0.5, 0.6) is 0 Å². The maximum atomic E-state index is 11.6. The van der Waals surface area contributed by atoms with Gasteiger partial charge in [-0.15, -0.1) is 0 Å². The maximum absolute atomic E-state index is 11.6. The van der Waals surface area contributed by atoms with Crippen LogP contribution in [0.2, 0.25) is 0 Å². The van der Waals surface area contributed by atoms with E-state index in [1.54, 1.807) is 0 Å². The van der Waals surface area contributed by atoms with E-state index in [1.807, 2.05) is 31.2 Å². The van der Waals surface area contributed by atoms with Crippen molar-refractivity contribution < 1.29 is 4.79 Å². The molecule has 0 spiro atoms. The van der Waals surface area contributed by atoms with E-state index in [0.717, 1.165) is 11.3 Å². The minimum Gasteiger partial charge on any atom is -0.324 e. The van der Waals surface area contributed by atoms with E-state index < -0.39 is 0 Å². The second kappa shape index (κ2) is 4.57. The average Bonchev–Trinajstić information content (AvgIpc) is 2.74. The zero-order chi connectivity index (χ0) is 11.4. The summed E-state index contributed by atoms with van der Waals surface area (Å²) in [4.78, 5) is 15.3. The fraction of sp³-hybridized carbons (Fsp3) is 0.182. The molecular weight excluding hydrogens is 204 g/mol. The summed E-state index contributed by atoms with van der Waals surface area (Å²) < 4.78 is 1.48. The van der Waals surface area contributed by atoms with Crippen molar-refractivity contribution in [3.63, 3.8) is 0 Å². The lowest BCUT2D eigenvalue weighted by Crippen LogP contribution is -2.18. The molecule has 1 heterocycles. The van der Waals surface area contributed by atoms with Crippen LogP contribution in [0.25, 0.3) is 0 Å². The first-order valence-electron chi connectivity index (χ1n) is 4.93. The highest BCUT2D eigenvalue weighted by atomic mass is 16.2. The molecule has 5 heteroatoms. The summed E-state index contributed by atoms with van der Waals surface area (Å²) in [5, 5.41) is 6.64. The Labute approximate surface area is 93.1 Å². The average molecular weight is 216 g/mol. The molecule has 2 rings (SSSR count). The van der Waals surface area contributed by atoms with Crippen LogP contribution < -0.4 is 5.32 Å². The van der Waals surface area contributed by atoms with Crippen LogP contribution in [-0.4, -0.2) is 20.7 Å². The summed E-state index contributed by atoms with van der Waals surface area (Å²) in [6.07, 6.45) is 2.91.